The standard InChI is InChI=1S/C17H14BrNO2/c1-20-11-9-14-15(17(10-11)7-2-3-8-21-17)12-5-4-6-13(18)16(12)19-14/h2-9,19H,10H2,1H3. The van der Waals surface area contributed by atoms with Crippen LogP contribution in [0.2, 0.25) is 0 Å². The van der Waals surface area contributed by atoms with Gasteiger partial charge in [0.05, 0.1) is 31.0 Å². The molecule has 4 heteroatoms. The summed E-state index contributed by atoms with van der Waals surface area (Å²) in [6.07, 6.45) is 10.5. The second kappa shape index (κ2) is 4.53. The second-order valence-electron chi connectivity index (χ2n) is 5.26. The van der Waals surface area contributed by atoms with Crippen LogP contribution in [-0.4, -0.2) is 12.1 Å². The molecule has 0 bridgehead atoms. The van der Waals surface area contributed by atoms with E-state index in [2.05, 4.69) is 39.1 Å². The highest BCUT2D eigenvalue weighted by Crippen LogP contribution is 2.46. The molecule has 2 aliphatic rings. The summed E-state index contributed by atoms with van der Waals surface area (Å²) in [6, 6.07) is 6.21. The number of benzene rings is 1. The lowest BCUT2D eigenvalue weighted by Gasteiger charge is -2.35. The Balaban J connectivity index is 2.06. The average Bonchev–Trinajstić information content (AvgIpc) is 2.89. The van der Waals surface area contributed by atoms with Gasteiger partial charge in [-0.3, -0.25) is 0 Å². The van der Waals surface area contributed by atoms with Gasteiger partial charge in [0.15, 0.2) is 5.60 Å². The van der Waals surface area contributed by atoms with Gasteiger partial charge < -0.3 is 14.5 Å². The fourth-order valence-electron chi connectivity index (χ4n) is 3.16. The zero-order valence-corrected chi connectivity index (χ0v) is 13.1. The monoisotopic (exact) mass is 343 g/mol. The number of allylic oxidation sites excluding steroid dienone is 2. The van der Waals surface area contributed by atoms with Gasteiger partial charge in [-0.1, -0.05) is 18.2 Å². The number of aromatic amines is 1. The molecule has 1 aromatic heterocycles. The first-order valence-electron chi connectivity index (χ1n) is 6.81. The lowest BCUT2D eigenvalue weighted by Crippen LogP contribution is -2.30. The summed E-state index contributed by atoms with van der Waals surface area (Å²) < 4.78 is 12.6. The normalized spacial score (nSPS) is 23.0. The number of hydrogen-bond acceptors (Lipinski definition) is 2. The number of nitrogens with one attached hydrogen (secondary N) is 1. The molecule has 0 amide bonds. The van der Waals surface area contributed by atoms with Crippen LogP contribution in [0.5, 0.6) is 0 Å². The molecule has 1 unspecified atom stereocenters. The molecule has 106 valence electrons. The third kappa shape index (κ3) is 1.79. The van der Waals surface area contributed by atoms with Gasteiger partial charge in [0.1, 0.15) is 5.76 Å². The molecule has 1 N–H and O–H groups in total. The van der Waals surface area contributed by atoms with Crippen molar-refractivity contribution >= 4 is 32.9 Å². The lowest BCUT2D eigenvalue weighted by molar-refractivity contribution is 0.0479. The fraction of sp³-hybridized carbons (Fsp3) is 0.176. The molecule has 2 heterocycles. The zero-order valence-electron chi connectivity index (χ0n) is 11.5. The van der Waals surface area contributed by atoms with Crippen LogP contribution in [0, 0.1) is 0 Å². The average molecular weight is 344 g/mol. The molecule has 1 atom stereocenters. The maximum Gasteiger partial charge on any atom is 0.161 e. The summed E-state index contributed by atoms with van der Waals surface area (Å²) in [5.41, 5.74) is 2.80. The van der Waals surface area contributed by atoms with Crippen LogP contribution in [0.25, 0.3) is 17.0 Å². The van der Waals surface area contributed by atoms with Gasteiger partial charge in [0.25, 0.3) is 0 Å². The van der Waals surface area contributed by atoms with Crippen LogP contribution < -0.4 is 0 Å². The summed E-state index contributed by atoms with van der Waals surface area (Å²) >= 11 is 3.61. The Kier molecular flexibility index (Phi) is 2.76. The minimum Gasteiger partial charge on any atom is -0.501 e. The highest BCUT2D eigenvalue weighted by Gasteiger charge is 2.40. The maximum atomic E-state index is 6.05. The summed E-state index contributed by atoms with van der Waals surface area (Å²) in [5.74, 6) is 0.908. The van der Waals surface area contributed by atoms with E-state index in [1.807, 2.05) is 24.3 Å². The molecular weight excluding hydrogens is 330 g/mol. The van der Waals surface area contributed by atoms with E-state index < -0.39 is 5.60 Å². The largest absolute Gasteiger partial charge is 0.501 e. The van der Waals surface area contributed by atoms with Crippen LogP contribution in [0.4, 0.5) is 0 Å². The number of ether oxygens (including phenoxy) is 2. The van der Waals surface area contributed by atoms with Gasteiger partial charge in [-0.05, 0) is 40.2 Å². The predicted octanol–water partition coefficient (Wildman–Crippen LogP) is 4.62. The van der Waals surface area contributed by atoms with Crippen LogP contribution in [0.15, 0.2) is 52.9 Å². The number of aromatic nitrogens is 1. The summed E-state index contributed by atoms with van der Waals surface area (Å²) in [6.45, 7) is 0. The molecule has 1 spiro atoms. The first-order valence-corrected chi connectivity index (χ1v) is 7.60. The van der Waals surface area contributed by atoms with Crippen molar-refractivity contribution in [2.24, 2.45) is 0 Å². The van der Waals surface area contributed by atoms with Gasteiger partial charge in [-0.2, -0.15) is 0 Å². The van der Waals surface area contributed by atoms with E-state index >= 15 is 0 Å². The SMILES string of the molecule is COC1=Cc2[nH]c3c(Br)cccc3c2C2(C=CC=CO2)C1. The molecule has 1 aromatic carbocycles. The zero-order chi connectivity index (χ0) is 14.4. The first kappa shape index (κ1) is 12.8. The predicted molar refractivity (Wildman–Crippen MR) is 86.6 cm³/mol. The Morgan fingerprint density at radius 3 is 3.00 bits per heavy atom. The van der Waals surface area contributed by atoms with Crippen molar-refractivity contribution in [3.8, 4) is 0 Å². The van der Waals surface area contributed by atoms with E-state index in [9.17, 15) is 0 Å². The van der Waals surface area contributed by atoms with E-state index in [-0.39, 0.29) is 0 Å². The Morgan fingerprint density at radius 2 is 2.24 bits per heavy atom. The van der Waals surface area contributed by atoms with Crippen LogP contribution in [0.1, 0.15) is 17.7 Å². The molecule has 0 saturated heterocycles. The van der Waals surface area contributed by atoms with Crippen molar-refractivity contribution in [2.45, 2.75) is 12.0 Å². The molecule has 0 radical (unpaired) electrons. The topological polar surface area (TPSA) is 34.2 Å². The summed E-state index contributed by atoms with van der Waals surface area (Å²) in [4.78, 5) is 3.48. The number of fused-ring (bicyclic) bond motifs is 4. The number of methoxy groups -OCH3 is 1. The van der Waals surface area contributed by atoms with Gasteiger partial charge in [-0.25, -0.2) is 0 Å². The molecule has 0 saturated carbocycles. The van der Waals surface area contributed by atoms with E-state index in [0.717, 1.165) is 21.4 Å². The van der Waals surface area contributed by atoms with Crippen molar-refractivity contribution in [1.29, 1.82) is 0 Å². The molecule has 0 fully saturated rings. The molecule has 3 nitrogen and oxygen atoms in total. The van der Waals surface area contributed by atoms with Crippen molar-refractivity contribution in [3.63, 3.8) is 0 Å². The van der Waals surface area contributed by atoms with Crippen LogP contribution in [-0.2, 0) is 15.1 Å². The van der Waals surface area contributed by atoms with E-state index in [0.29, 0.717) is 6.42 Å². The van der Waals surface area contributed by atoms with Gasteiger partial charge in [-0.15, -0.1) is 0 Å². The minimum absolute atomic E-state index is 0.497. The molecular formula is C17H14BrNO2. The number of rotatable bonds is 1. The molecule has 4 rings (SSSR count). The third-order valence-corrected chi connectivity index (χ3v) is 4.73. The molecule has 1 aliphatic carbocycles. The molecule has 21 heavy (non-hydrogen) atoms. The fourth-order valence-corrected chi connectivity index (χ4v) is 3.62. The highest BCUT2D eigenvalue weighted by molar-refractivity contribution is 9.10. The lowest BCUT2D eigenvalue weighted by atomic mass is 9.82. The number of halogens is 1. The Bertz CT molecular complexity index is 816. The van der Waals surface area contributed by atoms with Gasteiger partial charge >= 0.3 is 0 Å². The van der Waals surface area contributed by atoms with Crippen molar-refractivity contribution in [3.05, 3.63) is 64.2 Å². The maximum absolute atomic E-state index is 6.05. The Hall–Kier alpha value is -1.94. The highest BCUT2D eigenvalue weighted by atomic mass is 79.9. The van der Waals surface area contributed by atoms with E-state index in [1.54, 1.807) is 13.4 Å². The van der Waals surface area contributed by atoms with Crippen LogP contribution in [0.3, 0.4) is 0 Å². The Labute approximate surface area is 131 Å². The molecule has 2 aromatic rings. The smallest absolute Gasteiger partial charge is 0.161 e. The van der Waals surface area contributed by atoms with Crippen molar-refractivity contribution < 1.29 is 9.47 Å². The minimum atomic E-state index is -0.497. The molecule has 1 aliphatic heterocycles. The van der Waals surface area contributed by atoms with Crippen molar-refractivity contribution in [1.82, 2.24) is 4.98 Å². The van der Waals surface area contributed by atoms with Crippen LogP contribution >= 0.6 is 15.9 Å². The Morgan fingerprint density at radius 1 is 1.33 bits per heavy atom. The van der Waals surface area contributed by atoms with Gasteiger partial charge in [0, 0.05) is 15.4 Å². The summed E-state index contributed by atoms with van der Waals surface area (Å²) in [5, 5.41) is 1.17. The number of H-pyrrole nitrogens is 1. The first-order chi connectivity index (χ1) is 10.2. The quantitative estimate of drug-likeness (QED) is 0.819. The van der Waals surface area contributed by atoms with Gasteiger partial charge in [0.2, 0.25) is 0 Å². The third-order valence-electron chi connectivity index (χ3n) is 4.07. The van der Waals surface area contributed by atoms with Crippen molar-refractivity contribution in [2.75, 3.05) is 7.11 Å². The second-order valence-corrected chi connectivity index (χ2v) is 6.12. The van der Waals surface area contributed by atoms with E-state index in [4.69, 9.17) is 9.47 Å². The van der Waals surface area contributed by atoms with E-state index in [1.165, 1.54) is 10.9 Å². The number of para-hydroxylation sites is 1. The number of hydrogen-bond donors (Lipinski definition) is 1. The summed E-state index contributed by atoms with van der Waals surface area (Å²) in [7, 11) is 1.70.